The zero-order valence-electron chi connectivity index (χ0n) is 13.6. The Bertz CT molecular complexity index is 384. The van der Waals surface area contributed by atoms with Gasteiger partial charge >= 0.3 is 0 Å². The Hall–Kier alpha value is -1.06. The van der Waals surface area contributed by atoms with Gasteiger partial charge in [-0.1, -0.05) is 39.8 Å². The van der Waals surface area contributed by atoms with Gasteiger partial charge in [0.25, 0.3) is 0 Å². The predicted octanol–water partition coefficient (Wildman–Crippen LogP) is 3.15. The molecule has 1 rings (SSSR count). The lowest BCUT2D eigenvalue weighted by atomic mass is 9.84. The summed E-state index contributed by atoms with van der Waals surface area (Å²) < 4.78 is 5.23. The minimum atomic E-state index is 0.107. The third kappa shape index (κ3) is 5.51. The molecule has 20 heavy (non-hydrogen) atoms. The lowest BCUT2D eigenvalue weighted by Crippen LogP contribution is -2.40. The van der Waals surface area contributed by atoms with E-state index in [0.29, 0.717) is 5.92 Å². The molecule has 0 aliphatic carbocycles. The topological polar surface area (TPSA) is 38.5 Å². The highest BCUT2D eigenvalue weighted by atomic mass is 16.5. The molecule has 0 heterocycles. The zero-order valence-corrected chi connectivity index (χ0v) is 13.6. The van der Waals surface area contributed by atoms with Crippen molar-refractivity contribution in [1.82, 2.24) is 4.90 Å². The molecular weight excluding hydrogens is 248 g/mol. The molecule has 3 heteroatoms. The van der Waals surface area contributed by atoms with Crippen molar-refractivity contribution in [1.29, 1.82) is 0 Å². The first kappa shape index (κ1) is 17.0. The lowest BCUT2D eigenvalue weighted by Gasteiger charge is -2.34. The number of ether oxygens (including phenoxy) is 1. The molecule has 0 radical (unpaired) electrons. The minimum absolute atomic E-state index is 0.107. The minimum Gasteiger partial charge on any atom is -0.399 e. The molecule has 0 fully saturated rings. The smallest absolute Gasteiger partial charge is 0.0589 e. The third-order valence-electron chi connectivity index (χ3n) is 3.55. The first-order valence-electron chi connectivity index (χ1n) is 7.42. The van der Waals surface area contributed by atoms with Crippen molar-refractivity contribution in [2.75, 3.05) is 39.1 Å². The largest absolute Gasteiger partial charge is 0.399 e. The van der Waals surface area contributed by atoms with Gasteiger partial charge in [-0.15, -0.1) is 0 Å². The second kappa shape index (κ2) is 7.65. The number of nitrogens with zero attached hydrogens (tertiary/aromatic N) is 1. The van der Waals surface area contributed by atoms with E-state index in [2.05, 4.69) is 44.7 Å². The van der Waals surface area contributed by atoms with Gasteiger partial charge in [-0.05, 0) is 23.6 Å². The summed E-state index contributed by atoms with van der Waals surface area (Å²) in [5.41, 5.74) is 8.04. The Balaban J connectivity index is 2.75. The highest BCUT2D eigenvalue weighted by Gasteiger charge is 2.24. The van der Waals surface area contributed by atoms with Crippen LogP contribution in [0.1, 0.15) is 33.3 Å². The number of hydrogen-bond acceptors (Lipinski definition) is 3. The second-order valence-electron chi connectivity index (χ2n) is 6.63. The van der Waals surface area contributed by atoms with Crippen molar-refractivity contribution in [2.45, 2.75) is 33.1 Å². The van der Waals surface area contributed by atoms with Gasteiger partial charge in [-0.25, -0.2) is 0 Å². The van der Waals surface area contributed by atoms with E-state index in [4.69, 9.17) is 10.5 Å². The number of rotatable bonds is 8. The maximum absolute atomic E-state index is 5.78. The average Bonchev–Trinajstić information content (AvgIpc) is 2.35. The van der Waals surface area contributed by atoms with Crippen LogP contribution in [0, 0.1) is 5.92 Å². The number of anilines is 1. The lowest BCUT2D eigenvalue weighted by molar-refractivity contribution is 0.126. The Morgan fingerprint density at radius 2 is 1.80 bits per heavy atom. The summed E-state index contributed by atoms with van der Waals surface area (Å²) in [4.78, 5) is 2.49. The summed E-state index contributed by atoms with van der Waals surface area (Å²) in [7, 11) is 1.76. The van der Waals surface area contributed by atoms with E-state index in [0.717, 1.165) is 31.9 Å². The highest BCUT2D eigenvalue weighted by Crippen LogP contribution is 2.25. The molecule has 0 spiro atoms. The van der Waals surface area contributed by atoms with E-state index in [1.54, 1.807) is 7.11 Å². The molecule has 0 aromatic heterocycles. The molecule has 3 nitrogen and oxygen atoms in total. The van der Waals surface area contributed by atoms with Crippen LogP contribution in [-0.4, -0.2) is 38.3 Å². The molecule has 0 saturated heterocycles. The van der Waals surface area contributed by atoms with E-state index in [-0.39, 0.29) is 5.41 Å². The summed E-state index contributed by atoms with van der Waals surface area (Å²) in [5.74, 6) is 0.661. The Labute approximate surface area is 124 Å². The molecule has 0 aliphatic heterocycles. The Morgan fingerprint density at radius 1 is 1.20 bits per heavy atom. The Morgan fingerprint density at radius 3 is 2.30 bits per heavy atom. The molecule has 0 aliphatic rings. The molecule has 2 N–H and O–H groups in total. The van der Waals surface area contributed by atoms with E-state index in [9.17, 15) is 0 Å². The molecule has 0 amide bonds. The number of nitrogens with two attached hydrogens (primary N) is 1. The zero-order chi connectivity index (χ0) is 15.2. The predicted molar refractivity (Wildman–Crippen MR) is 87.0 cm³/mol. The van der Waals surface area contributed by atoms with Crippen LogP contribution in [-0.2, 0) is 10.2 Å². The fourth-order valence-electron chi connectivity index (χ4n) is 2.56. The van der Waals surface area contributed by atoms with Gasteiger partial charge in [0, 0.05) is 37.8 Å². The van der Waals surface area contributed by atoms with E-state index < -0.39 is 0 Å². The molecule has 0 saturated carbocycles. The van der Waals surface area contributed by atoms with Gasteiger partial charge in [-0.3, -0.25) is 4.90 Å². The summed E-state index contributed by atoms with van der Waals surface area (Å²) in [5, 5.41) is 0. The van der Waals surface area contributed by atoms with Crippen LogP contribution in [0.25, 0.3) is 0 Å². The molecule has 1 aromatic carbocycles. The number of nitrogen functional groups attached to an aromatic ring is 1. The van der Waals surface area contributed by atoms with Crippen LogP contribution in [0.2, 0.25) is 0 Å². The molecule has 0 atom stereocenters. The van der Waals surface area contributed by atoms with Gasteiger partial charge in [0.2, 0.25) is 0 Å². The van der Waals surface area contributed by atoms with Crippen molar-refractivity contribution in [3.05, 3.63) is 29.8 Å². The number of benzene rings is 1. The van der Waals surface area contributed by atoms with E-state index >= 15 is 0 Å². The van der Waals surface area contributed by atoms with Crippen molar-refractivity contribution in [3.63, 3.8) is 0 Å². The van der Waals surface area contributed by atoms with Crippen molar-refractivity contribution in [3.8, 4) is 0 Å². The van der Waals surface area contributed by atoms with Crippen LogP contribution in [0.15, 0.2) is 24.3 Å². The first-order valence-corrected chi connectivity index (χ1v) is 7.42. The van der Waals surface area contributed by atoms with Crippen molar-refractivity contribution in [2.24, 2.45) is 5.92 Å². The summed E-state index contributed by atoms with van der Waals surface area (Å²) >= 11 is 0. The molecule has 1 aromatic rings. The van der Waals surface area contributed by atoms with E-state index in [1.807, 2.05) is 12.1 Å². The molecule has 114 valence electrons. The quantitative estimate of drug-likeness (QED) is 0.742. The maximum atomic E-state index is 5.78. The monoisotopic (exact) mass is 278 g/mol. The normalized spacial score (nSPS) is 12.3. The van der Waals surface area contributed by atoms with Gasteiger partial charge in [0.15, 0.2) is 0 Å². The van der Waals surface area contributed by atoms with Crippen molar-refractivity contribution >= 4 is 5.69 Å². The average molecular weight is 278 g/mol. The fourth-order valence-corrected chi connectivity index (χ4v) is 2.56. The summed E-state index contributed by atoms with van der Waals surface area (Å²) in [6.45, 7) is 13.0. The molecule has 0 unspecified atom stereocenters. The number of methoxy groups -OCH3 is 1. The van der Waals surface area contributed by atoms with Crippen LogP contribution in [0.5, 0.6) is 0 Å². The Kier molecular flexibility index (Phi) is 6.50. The van der Waals surface area contributed by atoms with Crippen LogP contribution in [0.3, 0.4) is 0 Å². The maximum Gasteiger partial charge on any atom is 0.0589 e. The standard InChI is InChI=1S/C17H30N2O/c1-14(2)12-19(10-11-20-5)13-17(3,4)15-6-8-16(18)9-7-15/h6-9,14H,10-13,18H2,1-5H3. The second-order valence-corrected chi connectivity index (χ2v) is 6.63. The SMILES string of the molecule is COCCN(CC(C)C)CC(C)(C)c1ccc(N)cc1. The number of hydrogen-bond donors (Lipinski definition) is 1. The highest BCUT2D eigenvalue weighted by molar-refractivity contribution is 5.41. The van der Waals surface area contributed by atoms with Crippen LogP contribution in [0.4, 0.5) is 5.69 Å². The van der Waals surface area contributed by atoms with Crippen LogP contribution < -0.4 is 5.73 Å². The van der Waals surface area contributed by atoms with Gasteiger partial charge < -0.3 is 10.5 Å². The summed E-state index contributed by atoms with van der Waals surface area (Å²) in [6, 6.07) is 8.25. The van der Waals surface area contributed by atoms with Gasteiger partial charge in [0.1, 0.15) is 0 Å². The molecular formula is C17H30N2O. The van der Waals surface area contributed by atoms with Gasteiger partial charge in [0.05, 0.1) is 6.61 Å². The first-order chi connectivity index (χ1) is 9.35. The fraction of sp³-hybridized carbons (Fsp3) is 0.647. The molecule has 0 bridgehead atoms. The van der Waals surface area contributed by atoms with Crippen LogP contribution >= 0.6 is 0 Å². The van der Waals surface area contributed by atoms with Gasteiger partial charge in [-0.2, -0.15) is 0 Å². The third-order valence-corrected chi connectivity index (χ3v) is 3.55. The van der Waals surface area contributed by atoms with E-state index in [1.165, 1.54) is 5.56 Å². The van der Waals surface area contributed by atoms with Crippen molar-refractivity contribution < 1.29 is 4.74 Å². The summed E-state index contributed by atoms with van der Waals surface area (Å²) in [6.07, 6.45) is 0.